The van der Waals surface area contributed by atoms with Crippen LogP contribution in [0.15, 0.2) is 12.2 Å². The molecule has 0 amide bonds. The van der Waals surface area contributed by atoms with Gasteiger partial charge in [0.2, 0.25) is 0 Å². The Morgan fingerprint density at radius 2 is 2.36 bits per heavy atom. The van der Waals surface area contributed by atoms with Crippen LogP contribution in [0.3, 0.4) is 0 Å². The SMILES string of the molecule is C=C(CCl)CN1CCOC2CCCC21. The fraction of sp³-hybridized carbons (Fsp3) is 0.818. The topological polar surface area (TPSA) is 12.5 Å². The Morgan fingerprint density at radius 3 is 3.14 bits per heavy atom. The van der Waals surface area contributed by atoms with E-state index in [-0.39, 0.29) is 0 Å². The Kier molecular flexibility index (Phi) is 3.47. The molecule has 0 aromatic carbocycles. The first-order valence-electron chi connectivity index (χ1n) is 5.39. The van der Waals surface area contributed by atoms with Crippen LogP contribution in [0, 0.1) is 0 Å². The van der Waals surface area contributed by atoms with Gasteiger partial charge in [-0.05, 0) is 24.8 Å². The first-order chi connectivity index (χ1) is 6.81. The molecule has 2 rings (SSSR count). The summed E-state index contributed by atoms with van der Waals surface area (Å²) < 4.78 is 5.74. The van der Waals surface area contributed by atoms with E-state index >= 15 is 0 Å². The fourth-order valence-corrected chi connectivity index (χ4v) is 2.62. The van der Waals surface area contributed by atoms with Gasteiger partial charge in [-0.3, -0.25) is 4.90 Å². The molecule has 1 aliphatic carbocycles. The quantitative estimate of drug-likeness (QED) is 0.528. The average molecular weight is 216 g/mol. The molecule has 0 aromatic heterocycles. The van der Waals surface area contributed by atoms with Crippen LogP contribution >= 0.6 is 11.6 Å². The van der Waals surface area contributed by atoms with Crippen LogP contribution in [-0.4, -0.2) is 42.6 Å². The van der Waals surface area contributed by atoms with E-state index in [4.69, 9.17) is 16.3 Å². The highest BCUT2D eigenvalue weighted by atomic mass is 35.5. The van der Waals surface area contributed by atoms with E-state index < -0.39 is 0 Å². The normalized spacial score (nSPS) is 32.9. The second kappa shape index (κ2) is 4.65. The van der Waals surface area contributed by atoms with Crippen molar-refractivity contribution < 1.29 is 4.74 Å². The van der Waals surface area contributed by atoms with E-state index in [1.165, 1.54) is 19.3 Å². The van der Waals surface area contributed by atoms with Crippen LogP contribution < -0.4 is 0 Å². The number of morpholine rings is 1. The maximum absolute atomic E-state index is 5.76. The lowest BCUT2D eigenvalue weighted by molar-refractivity contribution is -0.0519. The molecule has 3 heteroatoms. The highest BCUT2D eigenvalue weighted by Gasteiger charge is 2.35. The molecule has 0 spiro atoms. The van der Waals surface area contributed by atoms with Crippen LogP contribution in [0.1, 0.15) is 19.3 Å². The van der Waals surface area contributed by atoms with Gasteiger partial charge in [-0.25, -0.2) is 0 Å². The molecule has 2 unspecified atom stereocenters. The maximum Gasteiger partial charge on any atom is 0.0731 e. The number of alkyl halides is 1. The molecule has 14 heavy (non-hydrogen) atoms. The van der Waals surface area contributed by atoms with Gasteiger partial charge in [0.25, 0.3) is 0 Å². The van der Waals surface area contributed by atoms with Crippen molar-refractivity contribution in [3.8, 4) is 0 Å². The van der Waals surface area contributed by atoms with Crippen molar-refractivity contribution in [3.05, 3.63) is 12.2 Å². The Labute approximate surface area is 90.9 Å². The lowest BCUT2D eigenvalue weighted by Gasteiger charge is -2.37. The van der Waals surface area contributed by atoms with Crippen molar-refractivity contribution in [2.75, 3.05) is 25.6 Å². The summed E-state index contributed by atoms with van der Waals surface area (Å²) in [5.41, 5.74) is 1.12. The van der Waals surface area contributed by atoms with E-state index in [0.29, 0.717) is 18.0 Å². The van der Waals surface area contributed by atoms with E-state index in [2.05, 4.69) is 11.5 Å². The molecule has 0 bridgehead atoms. The molecule has 2 aliphatic rings. The number of rotatable bonds is 3. The summed E-state index contributed by atoms with van der Waals surface area (Å²) in [5.74, 6) is 0.578. The smallest absolute Gasteiger partial charge is 0.0731 e. The Bertz CT molecular complexity index is 219. The summed E-state index contributed by atoms with van der Waals surface area (Å²) in [6, 6.07) is 0.628. The van der Waals surface area contributed by atoms with Gasteiger partial charge in [-0.2, -0.15) is 0 Å². The highest BCUT2D eigenvalue weighted by Crippen LogP contribution is 2.29. The second-order valence-corrected chi connectivity index (χ2v) is 4.53. The fourth-order valence-electron chi connectivity index (χ4n) is 2.53. The largest absolute Gasteiger partial charge is 0.375 e. The minimum atomic E-state index is 0.479. The summed E-state index contributed by atoms with van der Waals surface area (Å²) >= 11 is 5.76. The van der Waals surface area contributed by atoms with Crippen molar-refractivity contribution in [1.82, 2.24) is 4.90 Å². The standard InChI is InChI=1S/C11H18ClNO/c1-9(7-12)8-13-5-6-14-11-4-2-3-10(11)13/h10-11H,1-8H2. The maximum atomic E-state index is 5.76. The summed E-state index contributed by atoms with van der Waals surface area (Å²) in [7, 11) is 0. The molecular weight excluding hydrogens is 198 g/mol. The van der Waals surface area contributed by atoms with E-state index in [0.717, 1.165) is 25.3 Å². The van der Waals surface area contributed by atoms with Gasteiger partial charge in [0, 0.05) is 25.0 Å². The molecule has 1 saturated carbocycles. The molecular formula is C11H18ClNO. The molecule has 1 heterocycles. The van der Waals surface area contributed by atoms with Crippen LogP contribution in [0.4, 0.5) is 0 Å². The summed E-state index contributed by atoms with van der Waals surface area (Å²) in [4.78, 5) is 2.49. The molecule has 0 radical (unpaired) electrons. The molecule has 2 atom stereocenters. The number of nitrogens with zero attached hydrogens (tertiary/aromatic N) is 1. The van der Waals surface area contributed by atoms with E-state index in [1.807, 2.05) is 0 Å². The monoisotopic (exact) mass is 215 g/mol. The zero-order chi connectivity index (χ0) is 9.97. The van der Waals surface area contributed by atoms with Crippen molar-refractivity contribution in [2.45, 2.75) is 31.4 Å². The van der Waals surface area contributed by atoms with Crippen LogP contribution in [0.25, 0.3) is 0 Å². The van der Waals surface area contributed by atoms with Crippen molar-refractivity contribution in [3.63, 3.8) is 0 Å². The molecule has 2 fully saturated rings. The number of ether oxygens (including phenoxy) is 1. The third kappa shape index (κ3) is 2.13. The van der Waals surface area contributed by atoms with Crippen LogP contribution in [0.2, 0.25) is 0 Å². The molecule has 80 valence electrons. The Balaban J connectivity index is 1.93. The van der Waals surface area contributed by atoms with Crippen molar-refractivity contribution in [2.24, 2.45) is 0 Å². The Morgan fingerprint density at radius 1 is 1.50 bits per heavy atom. The average Bonchev–Trinajstić information content (AvgIpc) is 2.66. The van der Waals surface area contributed by atoms with Crippen molar-refractivity contribution in [1.29, 1.82) is 0 Å². The zero-order valence-corrected chi connectivity index (χ0v) is 9.30. The molecule has 1 aliphatic heterocycles. The van der Waals surface area contributed by atoms with Gasteiger partial charge in [-0.1, -0.05) is 6.58 Å². The summed E-state index contributed by atoms with van der Waals surface area (Å²) in [6.45, 7) is 6.83. The van der Waals surface area contributed by atoms with Gasteiger partial charge in [0.05, 0.1) is 12.7 Å². The highest BCUT2D eigenvalue weighted by molar-refractivity contribution is 6.19. The number of hydrogen-bond acceptors (Lipinski definition) is 2. The lowest BCUT2D eigenvalue weighted by atomic mass is 10.1. The predicted octanol–water partition coefficient (Wildman–Crippen LogP) is 2.03. The predicted molar refractivity (Wildman–Crippen MR) is 58.8 cm³/mol. The summed E-state index contributed by atoms with van der Waals surface area (Å²) in [5, 5.41) is 0. The van der Waals surface area contributed by atoms with Gasteiger partial charge < -0.3 is 4.74 Å². The Hall–Kier alpha value is -0.0500. The number of halogens is 1. The van der Waals surface area contributed by atoms with Crippen LogP contribution in [0.5, 0.6) is 0 Å². The minimum Gasteiger partial charge on any atom is -0.375 e. The first-order valence-corrected chi connectivity index (χ1v) is 5.93. The van der Waals surface area contributed by atoms with Gasteiger partial charge in [0.15, 0.2) is 0 Å². The zero-order valence-electron chi connectivity index (χ0n) is 8.54. The summed E-state index contributed by atoms with van der Waals surface area (Å²) in [6.07, 6.45) is 4.29. The molecule has 1 saturated heterocycles. The van der Waals surface area contributed by atoms with Crippen molar-refractivity contribution >= 4 is 11.6 Å². The third-order valence-electron chi connectivity index (χ3n) is 3.21. The number of hydrogen-bond donors (Lipinski definition) is 0. The van der Waals surface area contributed by atoms with Gasteiger partial charge >= 0.3 is 0 Å². The minimum absolute atomic E-state index is 0.479. The molecule has 0 N–H and O–H groups in total. The second-order valence-electron chi connectivity index (χ2n) is 4.26. The van der Waals surface area contributed by atoms with Gasteiger partial charge in [-0.15, -0.1) is 11.6 Å². The first kappa shape index (κ1) is 10.5. The van der Waals surface area contributed by atoms with E-state index in [9.17, 15) is 0 Å². The lowest BCUT2D eigenvalue weighted by Crippen LogP contribution is -2.49. The van der Waals surface area contributed by atoms with E-state index in [1.54, 1.807) is 0 Å². The molecule has 0 aromatic rings. The third-order valence-corrected chi connectivity index (χ3v) is 3.59. The molecule has 2 nitrogen and oxygen atoms in total. The number of fused-ring (bicyclic) bond motifs is 1. The van der Waals surface area contributed by atoms with Crippen LogP contribution in [-0.2, 0) is 4.74 Å². The van der Waals surface area contributed by atoms with Gasteiger partial charge in [0.1, 0.15) is 0 Å².